The molecular formula is C9H9NO2. The van der Waals surface area contributed by atoms with Crippen molar-refractivity contribution >= 4 is 5.97 Å². The zero-order valence-electron chi connectivity index (χ0n) is 6.47. The second kappa shape index (κ2) is 3.67. The van der Waals surface area contributed by atoms with Gasteiger partial charge in [-0.1, -0.05) is 6.08 Å². The van der Waals surface area contributed by atoms with Crippen LogP contribution in [0.15, 0.2) is 37.2 Å². The lowest BCUT2D eigenvalue weighted by molar-refractivity contribution is -0.137. The maximum atomic E-state index is 10.6. The molecule has 1 aromatic heterocycles. The number of carboxylic acids is 1. The minimum atomic E-state index is -0.892. The number of hydrogen-bond donors (Lipinski definition) is 1. The Hall–Kier alpha value is -1.64. The van der Waals surface area contributed by atoms with Gasteiger partial charge >= 0.3 is 5.97 Å². The molecule has 0 saturated carbocycles. The van der Waals surface area contributed by atoms with Crippen LogP contribution in [0, 0.1) is 0 Å². The van der Waals surface area contributed by atoms with Gasteiger partial charge in [-0.3, -0.25) is 9.78 Å². The molecule has 1 atom stereocenters. The smallest absolute Gasteiger partial charge is 0.314 e. The van der Waals surface area contributed by atoms with E-state index in [0.29, 0.717) is 5.56 Å². The summed E-state index contributed by atoms with van der Waals surface area (Å²) >= 11 is 0. The van der Waals surface area contributed by atoms with Gasteiger partial charge in [-0.15, -0.1) is 6.58 Å². The summed E-state index contributed by atoms with van der Waals surface area (Å²) < 4.78 is 0. The van der Waals surface area contributed by atoms with Crippen molar-refractivity contribution in [3.63, 3.8) is 0 Å². The van der Waals surface area contributed by atoms with E-state index in [2.05, 4.69) is 11.6 Å². The van der Waals surface area contributed by atoms with E-state index >= 15 is 0 Å². The van der Waals surface area contributed by atoms with Gasteiger partial charge in [0.25, 0.3) is 0 Å². The van der Waals surface area contributed by atoms with Crippen molar-refractivity contribution in [1.82, 2.24) is 4.98 Å². The molecule has 1 N–H and O–H groups in total. The number of aromatic nitrogens is 1. The van der Waals surface area contributed by atoms with Gasteiger partial charge < -0.3 is 5.11 Å². The van der Waals surface area contributed by atoms with Gasteiger partial charge in [-0.2, -0.15) is 0 Å². The van der Waals surface area contributed by atoms with Crippen LogP contribution in [0.3, 0.4) is 0 Å². The zero-order chi connectivity index (χ0) is 8.97. The molecule has 62 valence electrons. The Morgan fingerprint density at radius 2 is 2.17 bits per heavy atom. The molecular weight excluding hydrogens is 154 g/mol. The van der Waals surface area contributed by atoms with Gasteiger partial charge in [0.2, 0.25) is 0 Å². The molecule has 3 heteroatoms. The standard InChI is InChI=1S/C9H9NO2/c1-2-8(9(11)12)7-3-5-10-6-4-7/h2-6,8H,1H2,(H,11,12). The van der Waals surface area contributed by atoms with Gasteiger partial charge in [0.15, 0.2) is 0 Å². The molecule has 0 bridgehead atoms. The Bertz CT molecular complexity index is 282. The third-order valence-electron chi connectivity index (χ3n) is 1.57. The minimum Gasteiger partial charge on any atom is -0.481 e. The van der Waals surface area contributed by atoms with E-state index in [1.165, 1.54) is 6.08 Å². The van der Waals surface area contributed by atoms with Crippen LogP contribution in [-0.4, -0.2) is 16.1 Å². The SMILES string of the molecule is C=CC(C(=O)O)c1ccncc1. The predicted octanol–water partition coefficient (Wildman–Crippen LogP) is 1.44. The van der Waals surface area contributed by atoms with Crippen LogP contribution in [0.4, 0.5) is 0 Å². The molecule has 0 aromatic carbocycles. The van der Waals surface area contributed by atoms with E-state index in [-0.39, 0.29) is 0 Å². The van der Waals surface area contributed by atoms with Crippen molar-refractivity contribution < 1.29 is 9.90 Å². The lowest BCUT2D eigenvalue weighted by Crippen LogP contribution is -2.08. The van der Waals surface area contributed by atoms with E-state index in [4.69, 9.17) is 5.11 Å². The normalized spacial score (nSPS) is 12.0. The number of carbonyl (C=O) groups is 1. The highest BCUT2D eigenvalue weighted by atomic mass is 16.4. The fraction of sp³-hybridized carbons (Fsp3) is 0.111. The number of aliphatic carboxylic acids is 1. The first-order valence-electron chi connectivity index (χ1n) is 3.51. The molecule has 0 amide bonds. The Labute approximate surface area is 70.4 Å². The van der Waals surface area contributed by atoms with Crippen molar-refractivity contribution in [3.05, 3.63) is 42.7 Å². The fourth-order valence-electron chi connectivity index (χ4n) is 0.950. The number of nitrogens with zero attached hydrogens (tertiary/aromatic N) is 1. The molecule has 0 aliphatic carbocycles. The van der Waals surface area contributed by atoms with Gasteiger partial charge in [-0.05, 0) is 17.7 Å². The van der Waals surface area contributed by atoms with Gasteiger partial charge in [-0.25, -0.2) is 0 Å². The molecule has 1 aromatic rings. The van der Waals surface area contributed by atoms with Gasteiger partial charge in [0.05, 0.1) is 5.92 Å². The van der Waals surface area contributed by atoms with Crippen LogP contribution in [0.25, 0.3) is 0 Å². The van der Waals surface area contributed by atoms with Gasteiger partial charge in [0, 0.05) is 12.4 Å². The summed E-state index contributed by atoms with van der Waals surface area (Å²) in [5.41, 5.74) is 0.701. The van der Waals surface area contributed by atoms with E-state index < -0.39 is 11.9 Å². The van der Waals surface area contributed by atoms with E-state index in [9.17, 15) is 4.79 Å². The summed E-state index contributed by atoms with van der Waals surface area (Å²) in [6.45, 7) is 3.46. The summed E-state index contributed by atoms with van der Waals surface area (Å²) in [6, 6.07) is 3.33. The highest BCUT2D eigenvalue weighted by Gasteiger charge is 2.14. The highest BCUT2D eigenvalue weighted by molar-refractivity contribution is 5.78. The summed E-state index contributed by atoms with van der Waals surface area (Å²) in [4.78, 5) is 14.4. The molecule has 0 aliphatic heterocycles. The molecule has 1 heterocycles. The Morgan fingerprint density at radius 1 is 1.58 bits per heavy atom. The lowest BCUT2D eigenvalue weighted by atomic mass is 10.0. The van der Waals surface area contributed by atoms with Crippen molar-refractivity contribution in [3.8, 4) is 0 Å². The van der Waals surface area contributed by atoms with Crippen molar-refractivity contribution in [2.75, 3.05) is 0 Å². The molecule has 0 spiro atoms. The summed E-state index contributed by atoms with van der Waals surface area (Å²) in [5, 5.41) is 8.74. The van der Waals surface area contributed by atoms with E-state index in [1.807, 2.05) is 0 Å². The predicted molar refractivity (Wildman–Crippen MR) is 44.8 cm³/mol. The number of hydrogen-bond acceptors (Lipinski definition) is 2. The lowest BCUT2D eigenvalue weighted by Gasteiger charge is -2.05. The average molecular weight is 163 g/mol. The van der Waals surface area contributed by atoms with Gasteiger partial charge in [0.1, 0.15) is 0 Å². The third-order valence-corrected chi connectivity index (χ3v) is 1.57. The quantitative estimate of drug-likeness (QED) is 0.686. The maximum Gasteiger partial charge on any atom is 0.314 e. The van der Waals surface area contributed by atoms with Crippen LogP contribution in [0.2, 0.25) is 0 Å². The Balaban J connectivity index is 2.95. The molecule has 1 unspecified atom stereocenters. The first kappa shape index (κ1) is 8.46. The largest absolute Gasteiger partial charge is 0.481 e. The molecule has 0 aliphatic rings. The third kappa shape index (κ3) is 1.69. The molecule has 1 rings (SSSR count). The number of rotatable bonds is 3. The molecule has 3 nitrogen and oxygen atoms in total. The second-order valence-corrected chi connectivity index (χ2v) is 2.33. The average Bonchev–Trinajstić information content (AvgIpc) is 2.07. The van der Waals surface area contributed by atoms with Crippen LogP contribution < -0.4 is 0 Å². The fourth-order valence-corrected chi connectivity index (χ4v) is 0.950. The minimum absolute atomic E-state index is 0.631. The molecule has 0 fully saturated rings. The summed E-state index contributed by atoms with van der Waals surface area (Å²) in [7, 11) is 0. The van der Waals surface area contributed by atoms with Crippen molar-refractivity contribution in [2.45, 2.75) is 5.92 Å². The van der Waals surface area contributed by atoms with Crippen molar-refractivity contribution in [1.29, 1.82) is 0 Å². The van der Waals surface area contributed by atoms with Crippen molar-refractivity contribution in [2.24, 2.45) is 0 Å². The maximum absolute atomic E-state index is 10.6. The van der Waals surface area contributed by atoms with E-state index in [0.717, 1.165) is 0 Å². The van der Waals surface area contributed by atoms with Crippen LogP contribution in [0.5, 0.6) is 0 Å². The first-order valence-corrected chi connectivity index (χ1v) is 3.51. The first-order chi connectivity index (χ1) is 5.75. The zero-order valence-corrected chi connectivity index (χ0v) is 6.47. The topological polar surface area (TPSA) is 50.2 Å². The van der Waals surface area contributed by atoms with E-state index in [1.54, 1.807) is 24.5 Å². The van der Waals surface area contributed by atoms with Crippen LogP contribution in [-0.2, 0) is 4.79 Å². The highest BCUT2D eigenvalue weighted by Crippen LogP contribution is 2.15. The van der Waals surface area contributed by atoms with Crippen LogP contribution >= 0.6 is 0 Å². The molecule has 0 radical (unpaired) electrons. The molecule has 0 saturated heterocycles. The van der Waals surface area contributed by atoms with Crippen LogP contribution in [0.1, 0.15) is 11.5 Å². The second-order valence-electron chi connectivity index (χ2n) is 2.33. The number of carboxylic acid groups (broad SMARTS) is 1. The Kier molecular flexibility index (Phi) is 2.58. The number of pyridine rings is 1. The summed E-state index contributed by atoms with van der Waals surface area (Å²) in [6.07, 6.45) is 4.53. The Morgan fingerprint density at radius 3 is 2.58 bits per heavy atom. The molecule has 12 heavy (non-hydrogen) atoms. The monoisotopic (exact) mass is 163 g/mol. The summed E-state index contributed by atoms with van der Waals surface area (Å²) in [5.74, 6) is -1.52.